The van der Waals surface area contributed by atoms with E-state index in [1.54, 1.807) is 18.4 Å². The molecule has 2 rings (SSSR count). The maximum atomic E-state index is 5.01. The largest absolute Gasteiger partial charge is 0.481 e. The van der Waals surface area contributed by atoms with Crippen molar-refractivity contribution in [1.29, 1.82) is 0 Å². The summed E-state index contributed by atoms with van der Waals surface area (Å²) >= 11 is 5.16. The Morgan fingerprint density at radius 2 is 2.18 bits per heavy atom. The zero-order valence-corrected chi connectivity index (χ0v) is 11.8. The summed E-state index contributed by atoms with van der Waals surface area (Å²) in [6.07, 6.45) is 1.83. The number of ether oxygens (including phenoxy) is 1. The van der Waals surface area contributed by atoms with Crippen LogP contribution < -0.4 is 10.1 Å². The quantitative estimate of drug-likeness (QED) is 0.920. The molecule has 0 aliphatic carbocycles. The summed E-state index contributed by atoms with van der Waals surface area (Å²) in [6.45, 7) is 1.68. The summed E-state index contributed by atoms with van der Waals surface area (Å²) in [5.41, 5.74) is 2.45. The van der Waals surface area contributed by atoms with Gasteiger partial charge in [-0.1, -0.05) is 6.07 Å². The Balaban J connectivity index is 1.81. The molecule has 0 aliphatic rings. The Morgan fingerprint density at radius 3 is 2.76 bits per heavy atom. The van der Waals surface area contributed by atoms with Crippen molar-refractivity contribution >= 4 is 27.3 Å². The standard InChI is InChI=1S/C12H13BrN2OS/c1-16-12-3-2-9(7-15-12)5-14-6-10-4-11(13)17-8-10/h2-4,7-8,14H,5-6H2,1H3. The van der Waals surface area contributed by atoms with Crippen molar-refractivity contribution in [2.45, 2.75) is 13.1 Å². The van der Waals surface area contributed by atoms with Crippen LogP contribution in [0.5, 0.6) is 5.88 Å². The summed E-state index contributed by atoms with van der Waals surface area (Å²) in [7, 11) is 1.62. The molecule has 0 aromatic carbocycles. The lowest BCUT2D eigenvalue weighted by atomic mass is 10.2. The van der Waals surface area contributed by atoms with Crippen LogP contribution in [0.25, 0.3) is 0 Å². The highest BCUT2D eigenvalue weighted by Crippen LogP contribution is 2.20. The minimum Gasteiger partial charge on any atom is -0.481 e. The second-order valence-corrected chi connectivity index (χ2v) is 5.86. The number of hydrogen-bond acceptors (Lipinski definition) is 4. The van der Waals surface area contributed by atoms with Crippen LogP contribution in [-0.2, 0) is 13.1 Å². The molecular formula is C12H13BrN2OS. The summed E-state index contributed by atoms with van der Waals surface area (Å²) in [6, 6.07) is 6.02. The number of hydrogen-bond donors (Lipinski definition) is 1. The van der Waals surface area contributed by atoms with Crippen molar-refractivity contribution in [3.63, 3.8) is 0 Å². The SMILES string of the molecule is COc1ccc(CNCc2csc(Br)c2)cn1. The summed E-state index contributed by atoms with van der Waals surface area (Å²) in [5, 5.41) is 5.52. The number of methoxy groups -OCH3 is 1. The number of aromatic nitrogens is 1. The lowest BCUT2D eigenvalue weighted by molar-refractivity contribution is 0.397. The monoisotopic (exact) mass is 312 g/mol. The molecular weight excluding hydrogens is 300 g/mol. The van der Waals surface area contributed by atoms with Crippen LogP contribution in [-0.4, -0.2) is 12.1 Å². The molecule has 1 N–H and O–H groups in total. The van der Waals surface area contributed by atoms with Gasteiger partial charge < -0.3 is 10.1 Å². The van der Waals surface area contributed by atoms with Gasteiger partial charge in [0.2, 0.25) is 5.88 Å². The maximum absolute atomic E-state index is 5.01. The summed E-state index contributed by atoms with van der Waals surface area (Å²) in [4.78, 5) is 4.16. The molecule has 3 nitrogen and oxygen atoms in total. The van der Waals surface area contributed by atoms with E-state index in [1.165, 1.54) is 9.35 Å². The number of halogens is 1. The highest BCUT2D eigenvalue weighted by molar-refractivity contribution is 9.11. The van der Waals surface area contributed by atoms with Crippen molar-refractivity contribution in [2.24, 2.45) is 0 Å². The first-order valence-electron chi connectivity index (χ1n) is 5.20. The van der Waals surface area contributed by atoms with Crippen LogP contribution in [0.15, 0.2) is 33.6 Å². The molecule has 2 heterocycles. The van der Waals surface area contributed by atoms with Crippen molar-refractivity contribution in [1.82, 2.24) is 10.3 Å². The number of nitrogens with zero attached hydrogens (tertiary/aromatic N) is 1. The Bertz CT molecular complexity index is 470. The first-order valence-corrected chi connectivity index (χ1v) is 6.88. The van der Waals surface area contributed by atoms with Crippen LogP contribution in [0.3, 0.4) is 0 Å². The predicted molar refractivity (Wildman–Crippen MR) is 73.4 cm³/mol. The van der Waals surface area contributed by atoms with E-state index in [-0.39, 0.29) is 0 Å². The van der Waals surface area contributed by atoms with E-state index in [2.05, 4.69) is 37.7 Å². The lowest BCUT2D eigenvalue weighted by Gasteiger charge is -2.04. The molecule has 0 bridgehead atoms. The predicted octanol–water partition coefficient (Wildman–Crippen LogP) is 3.20. The van der Waals surface area contributed by atoms with Gasteiger partial charge in [-0.2, -0.15) is 0 Å². The van der Waals surface area contributed by atoms with Gasteiger partial charge in [0.15, 0.2) is 0 Å². The van der Waals surface area contributed by atoms with E-state index in [1.807, 2.05) is 18.3 Å². The van der Waals surface area contributed by atoms with Crippen molar-refractivity contribution in [2.75, 3.05) is 7.11 Å². The molecule has 17 heavy (non-hydrogen) atoms. The van der Waals surface area contributed by atoms with Crippen molar-refractivity contribution in [3.8, 4) is 5.88 Å². The Morgan fingerprint density at radius 1 is 1.35 bits per heavy atom. The zero-order chi connectivity index (χ0) is 12.1. The molecule has 2 aromatic rings. The van der Waals surface area contributed by atoms with Gasteiger partial charge >= 0.3 is 0 Å². The number of pyridine rings is 1. The van der Waals surface area contributed by atoms with Gasteiger partial charge in [0.25, 0.3) is 0 Å². The van der Waals surface area contributed by atoms with Crippen LogP contribution in [0, 0.1) is 0 Å². The molecule has 5 heteroatoms. The first-order chi connectivity index (χ1) is 8.28. The Kier molecular flexibility index (Phi) is 4.53. The lowest BCUT2D eigenvalue weighted by Crippen LogP contribution is -2.12. The summed E-state index contributed by atoms with van der Waals surface area (Å²) in [5.74, 6) is 0.649. The third-order valence-electron chi connectivity index (χ3n) is 2.29. The van der Waals surface area contributed by atoms with Crippen LogP contribution in [0.1, 0.15) is 11.1 Å². The van der Waals surface area contributed by atoms with Gasteiger partial charge in [0.05, 0.1) is 10.9 Å². The van der Waals surface area contributed by atoms with Crippen molar-refractivity contribution < 1.29 is 4.74 Å². The van der Waals surface area contributed by atoms with Gasteiger partial charge in [-0.3, -0.25) is 0 Å². The number of thiophene rings is 1. The first kappa shape index (κ1) is 12.5. The average Bonchev–Trinajstić information content (AvgIpc) is 2.76. The van der Waals surface area contributed by atoms with Gasteiger partial charge in [-0.05, 0) is 38.5 Å². The Hall–Kier alpha value is -0.910. The molecule has 0 saturated carbocycles. The van der Waals surface area contributed by atoms with E-state index in [4.69, 9.17) is 4.74 Å². The van der Waals surface area contributed by atoms with Gasteiger partial charge in [0, 0.05) is 25.4 Å². The van der Waals surface area contributed by atoms with E-state index in [0.717, 1.165) is 18.7 Å². The van der Waals surface area contributed by atoms with Crippen molar-refractivity contribution in [3.05, 3.63) is 44.7 Å². The van der Waals surface area contributed by atoms with E-state index in [0.29, 0.717) is 5.88 Å². The molecule has 0 fully saturated rings. The average molecular weight is 313 g/mol. The highest BCUT2D eigenvalue weighted by Gasteiger charge is 1.98. The molecule has 0 atom stereocenters. The highest BCUT2D eigenvalue weighted by atomic mass is 79.9. The van der Waals surface area contributed by atoms with Gasteiger partial charge in [-0.15, -0.1) is 11.3 Å². The summed E-state index contributed by atoms with van der Waals surface area (Å²) < 4.78 is 6.18. The second-order valence-electron chi connectivity index (χ2n) is 3.57. The number of nitrogens with one attached hydrogen (secondary N) is 1. The van der Waals surface area contributed by atoms with E-state index < -0.39 is 0 Å². The Labute approximate surface area is 113 Å². The fourth-order valence-corrected chi connectivity index (χ4v) is 2.64. The fourth-order valence-electron chi connectivity index (χ4n) is 1.43. The molecule has 0 radical (unpaired) electrons. The minimum absolute atomic E-state index is 0.649. The number of rotatable bonds is 5. The maximum Gasteiger partial charge on any atom is 0.212 e. The second kappa shape index (κ2) is 6.14. The topological polar surface area (TPSA) is 34.1 Å². The minimum atomic E-state index is 0.649. The smallest absolute Gasteiger partial charge is 0.212 e. The molecule has 0 spiro atoms. The molecule has 0 aliphatic heterocycles. The normalized spacial score (nSPS) is 10.5. The van der Waals surface area contributed by atoms with Crippen LogP contribution in [0.4, 0.5) is 0 Å². The van der Waals surface area contributed by atoms with Crippen LogP contribution >= 0.6 is 27.3 Å². The molecule has 0 amide bonds. The van der Waals surface area contributed by atoms with Crippen LogP contribution in [0.2, 0.25) is 0 Å². The van der Waals surface area contributed by atoms with E-state index >= 15 is 0 Å². The van der Waals surface area contributed by atoms with E-state index in [9.17, 15) is 0 Å². The van der Waals surface area contributed by atoms with Gasteiger partial charge in [-0.25, -0.2) is 4.98 Å². The van der Waals surface area contributed by atoms with Gasteiger partial charge in [0.1, 0.15) is 0 Å². The molecule has 0 saturated heterocycles. The molecule has 2 aromatic heterocycles. The molecule has 0 unspecified atom stereocenters. The third-order valence-corrected chi connectivity index (χ3v) is 3.84. The zero-order valence-electron chi connectivity index (χ0n) is 9.44. The fraction of sp³-hybridized carbons (Fsp3) is 0.250. The third kappa shape index (κ3) is 3.80. The molecule has 90 valence electrons.